The van der Waals surface area contributed by atoms with E-state index in [2.05, 4.69) is 5.32 Å². The van der Waals surface area contributed by atoms with Gasteiger partial charge in [-0.2, -0.15) is 0 Å². The van der Waals surface area contributed by atoms with Gasteiger partial charge in [0.05, 0.1) is 4.92 Å². The van der Waals surface area contributed by atoms with Gasteiger partial charge in [-0.15, -0.1) is 0 Å². The van der Waals surface area contributed by atoms with Crippen LogP contribution in [-0.2, 0) is 4.79 Å². The van der Waals surface area contributed by atoms with Crippen LogP contribution in [0.2, 0.25) is 0 Å². The number of hydrogen-bond donors (Lipinski definition) is 3. The molecule has 1 aromatic carbocycles. The molecule has 1 rings (SSSR count). The maximum Gasteiger partial charge on any atom is 0.303 e. The Bertz CT molecular complexity index is 559. The zero-order valence-corrected chi connectivity index (χ0v) is 11.5. The maximum absolute atomic E-state index is 11.0. The molecule has 0 fully saturated rings. The third-order valence-electron chi connectivity index (χ3n) is 2.97. The summed E-state index contributed by atoms with van der Waals surface area (Å²) >= 11 is 0. The molecule has 0 saturated heterocycles. The van der Waals surface area contributed by atoms with E-state index < -0.39 is 16.8 Å². The van der Waals surface area contributed by atoms with Crippen molar-refractivity contribution in [1.82, 2.24) is 0 Å². The average Bonchev–Trinajstić information content (AvgIpc) is 2.42. The van der Waals surface area contributed by atoms with Crippen LogP contribution in [0.3, 0.4) is 0 Å². The molecule has 114 valence electrons. The smallest absolute Gasteiger partial charge is 0.303 e. The molecule has 1 unspecified atom stereocenters. The molecule has 0 bridgehead atoms. The summed E-state index contributed by atoms with van der Waals surface area (Å²) in [5.74, 6) is -1.57. The highest BCUT2D eigenvalue weighted by molar-refractivity contribution is 5.94. The Morgan fingerprint density at radius 2 is 2.14 bits per heavy atom. The van der Waals surface area contributed by atoms with E-state index >= 15 is 0 Å². The second-order valence-electron chi connectivity index (χ2n) is 4.77. The minimum atomic E-state index is -0.876. The number of carbonyl (C=O) groups is 2. The zero-order valence-electron chi connectivity index (χ0n) is 11.5. The van der Waals surface area contributed by atoms with Gasteiger partial charge in [0.15, 0.2) is 0 Å². The van der Waals surface area contributed by atoms with E-state index in [1.165, 1.54) is 12.1 Å². The molecule has 1 amide bonds. The van der Waals surface area contributed by atoms with E-state index in [1.807, 2.05) is 6.92 Å². The normalized spacial score (nSPS) is 11.7. The minimum Gasteiger partial charge on any atom is -0.481 e. The van der Waals surface area contributed by atoms with Gasteiger partial charge in [0.25, 0.3) is 5.69 Å². The van der Waals surface area contributed by atoms with E-state index in [0.717, 1.165) is 6.07 Å². The number of carboxylic acid groups (broad SMARTS) is 1. The minimum absolute atomic E-state index is 0.0384. The van der Waals surface area contributed by atoms with Crippen molar-refractivity contribution in [2.75, 3.05) is 11.9 Å². The SMILES string of the molecule is CC(CCC(=O)O)CNc1ccc(C(N)=O)cc1[N+](=O)[O-]. The van der Waals surface area contributed by atoms with Crippen LogP contribution in [-0.4, -0.2) is 28.5 Å². The molecule has 4 N–H and O–H groups in total. The van der Waals surface area contributed by atoms with Gasteiger partial charge in [-0.3, -0.25) is 19.7 Å². The number of hydrogen-bond acceptors (Lipinski definition) is 5. The number of anilines is 1. The van der Waals surface area contributed by atoms with Gasteiger partial charge in [0, 0.05) is 24.6 Å². The molecule has 1 atom stereocenters. The van der Waals surface area contributed by atoms with Crippen molar-refractivity contribution < 1.29 is 19.6 Å². The van der Waals surface area contributed by atoms with E-state index in [1.54, 1.807) is 0 Å². The first-order valence-corrected chi connectivity index (χ1v) is 6.35. The Kier molecular flexibility index (Phi) is 5.65. The third kappa shape index (κ3) is 5.09. The summed E-state index contributed by atoms with van der Waals surface area (Å²) in [5, 5.41) is 22.5. The van der Waals surface area contributed by atoms with Crippen LogP contribution in [0, 0.1) is 16.0 Å². The number of aliphatic carboxylic acids is 1. The van der Waals surface area contributed by atoms with Gasteiger partial charge in [-0.25, -0.2) is 0 Å². The summed E-state index contributed by atoms with van der Waals surface area (Å²) in [7, 11) is 0. The average molecular weight is 295 g/mol. The quantitative estimate of drug-likeness (QED) is 0.492. The summed E-state index contributed by atoms with van der Waals surface area (Å²) in [6.07, 6.45) is 0.515. The number of nitro groups is 1. The molecule has 0 spiro atoms. The predicted molar refractivity (Wildman–Crippen MR) is 76.1 cm³/mol. The lowest BCUT2D eigenvalue weighted by atomic mass is 10.1. The van der Waals surface area contributed by atoms with Crippen LogP contribution in [0.4, 0.5) is 11.4 Å². The molecule has 8 nitrogen and oxygen atoms in total. The lowest BCUT2D eigenvalue weighted by Crippen LogP contribution is -2.15. The lowest BCUT2D eigenvalue weighted by molar-refractivity contribution is -0.384. The molecule has 8 heteroatoms. The molecular formula is C13H17N3O5. The number of nitrogens with two attached hydrogens (primary N) is 1. The van der Waals surface area contributed by atoms with Crippen LogP contribution in [0.1, 0.15) is 30.1 Å². The fraction of sp³-hybridized carbons (Fsp3) is 0.385. The largest absolute Gasteiger partial charge is 0.481 e. The van der Waals surface area contributed by atoms with E-state index in [4.69, 9.17) is 10.8 Å². The summed E-state index contributed by atoms with van der Waals surface area (Å²) in [5.41, 5.74) is 5.18. The van der Waals surface area contributed by atoms with Gasteiger partial charge in [0.1, 0.15) is 5.69 Å². The third-order valence-corrected chi connectivity index (χ3v) is 2.97. The second kappa shape index (κ2) is 7.22. The summed E-state index contributed by atoms with van der Waals surface area (Å²) < 4.78 is 0. The molecular weight excluding hydrogens is 278 g/mol. The van der Waals surface area contributed by atoms with Crippen molar-refractivity contribution in [3.05, 3.63) is 33.9 Å². The number of benzene rings is 1. The molecule has 0 saturated carbocycles. The van der Waals surface area contributed by atoms with Crippen molar-refractivity contribution in [1.29, 1.82) is 0 Å². The highest BCUT2D eigenvalue weighted by Crippen LogP contribution is 2.26. The zero-order chi connectivity index (χ0) is 16.0. The number of nitrogens with one attached hydrogen (secondary N) is 1. The number of rotatable bonds is 8. The molecule has 0 aromatic heterocycles. The Morgan fingerprint density at radius 3 is 2.67 bits per heavy atom. The fourth-order valence-electron chi connectivity index (χ4n) is 1.74. The molecule has 0 aliphatic rings. The molecule has 0 heterocycles. The lowest BCUT2D eigenvalue weighted by Gasteiger charge is -2.13. The Balaban J connectivity index is 2.76. The topological polar surface area (TPSA) is 136 Å². The molecule has 0 aliphatic heterocycles. The van der Waals surface area contributed by atoms with E-state index in [-0.39, 0.29) is 29.3 Å². The molecule has 1 aromatic rings. The van der Waals surface area contributed by atoms with Gasteiger partial charge in [-0.05, 0) is 24.5 Å². The van der Waals surface area contributed by atoms with Gasteiger partial charge < -0.3 is 16.2 Å². The number of nitrogens with zero attached hydrogens (tertiary/aromatic N) is 1. The first-order chi connectivity index (χ1) is 9.81. The van der Waals surface area contributed by atoms with Gasteiger partial charge in [0.2, 0.25) is 5.91 Å². The maximum atomic E-state index is 11.0. The highest BCUT2D eigenvalue weighted by Gasteiger charge is 2.17. The summed E-state index contributed by atoms with van der Waals surface area (Å²) in [4.78, 5) is 31.9. The van der Waals surface area contributed by atoms with Crippen LogP contribution in [0.25, 0.3) is 0 Å². The molecule has 0 radical (unpaired) electrons. The predicted octanol–water partition coefficient (Wildman–Crippen LogP) is 1.61. The van der Waals surface area contributed by atoms with Gasteiger partial charge >= 0.3 is 5.97 Å². The number of carbonyl (C=O) groups excluding carboxylic acids is 1. The first-order valence-electron chi connectivity index (χ1n) is 6.35. The van der Waals surface area contributed by atoms with E-state index in [9.17, 15) is 19.7 Å². The van der Waals surface area contributed by atoms with Gasteiger partial charge in [-0.1, -0.05) is 6.92 Å². The van der Waals surface area contributed by atoms with Crippen LogP contribution in [0.5, 0.6) is 0 Å². The number of carboxylic acids is 1. The Morgan fingerprint density at radius 1 is 1.48 bits per heavy atom. The van der Waals surface area contributed by atoms with E-state index in [0.29, 0.717) is 13.0 Å². The highest BCUT2D eigenvalue weighted by atomic mass is 16.6. The summed E-state index contributed by atoms with van der Waals surface area (Å²) in [6, 6.07) is 3.94. The van der Waals surface area contributed by atoms with Crippen molar-refractivity contribution in [3.8, 4) is 0 Å². The van der Waals surface area contributed by atoms with Crippen LogP contribution >= 0.6 is 0 Å². The molecule has 0 aliphatic carbocycles. The first kappa shape index (κ1) is 16.4. The Labute approximate surface area is 121 Å². The Hall–Kier alpha value is -2.64. The van der Waals surface area contributed by atoms with Crippen molar-refractivity contribution >= 4 is 23.3 Å². The van der Waals surface area contributed by atoms with Crippen molar-refractivity contribution in [3.63, 3.8) is 0 Å². The molecule has 21 heavy (non-hydrogen) atoms. The number of amides is 1. The fourth-order valence-corrected chi connectivity index (χ4v) is 1.74. The van der Waals surface area contributed by atoms with Crippen LogP contribution < -0.4 is 11.1 Å². The number of primary amides is 1. The standard InChI is InChI=1S/C13H17N3O5/c1-8(2-5-12(17)18)7-15-10-4-3-9(13(14)19)6-11(10)16(20)21/h3-4,6,8,15H,2,5,7H2,1H3,(H2,14,19)(H,17,18). The summed E-state index contributed by atoms with van der Waals surface area (Å²) in [6.45, 7) is 2.24. The second-order valence-corrected chi connectivity index (χ2v) is 4.77. The van der Waals surface area contributed by atoms with Crippen molar-refractivity contribution in [2.24, 2.45) is 11.7 Å². The monoisotopic (exact) mass is 295 g/mol. The van der Waals surface area contributed by atoms with Crippen LogP contribution in [0.15, 0.2) is 18.2 Å². The van der Waals surface area contributed by atoms with Crippen molar-refractivity contribution in [2.45, 2.75) is 19.8 Å². The number of nitro benzene ring substituents is 1.